The molecule has 2 heterocycles. The number of hydrogen-bond donors (Lipinski definition) is 2. The summed E-state index contributed by atoms with van der Waals surface area (Å²) < 4.78 is 19.7. The molecule has 1 saturated heterocycles. The SMILES string of the molecule is CCNC(=NCc1cc(C#N)ccc1F)NCC(c1ccco1)N1CCCCC1. The van der Waals surface area contributed by atoms with Crippen molar-refractivity contribution in [1.82, 2.24) is 15.5 Å². The summed E-state index contributed by atoms with van der Waals surface area (Å²) in [4.78, 5) is 6.95. The first kappa shape index (κ1) is 20.9. The monoisotopic (exact) mass is 397 g/mol. The van der Waals surface area contributed by atoms with Crippen LogP contribution < -0.4 is 10.6 Å². The predicted octanol–water partition coefficient (Wildman–Crippen LogP) is 3.57. The quantitative estimate of drug-likeness (QED) is 0.552. The van der Waals surface area contributed by atoms with Crippen LogP contribution in [0.25, 0.3) is 0 Å². The van der Waals surface area contributed by atoms with E-state index >= 15 is 0 Å². The van der Waals surface area contributed by atoms with Crippen LogP contribution in [0.3, 0.4) is 0 Å². The molecule has 3 rings (SSSR count). The molecule has 1 unspecified atom stereocenters. The highest BCUT2D eigenvalue weighted by Crippen LogP contribution is 2.24. The van der Waals surface area contributed by atoms with Gasteiger partial charge in [0.15, 0.2) is 5.96 Å². The van der Waals surface area contributed by atoms with E-state index in [1.165, 1.54) is 31.4 Å². The lowest BCUT2D eigenvalue weighted by Crippen LogP contribution is -2.44. The predicted molar refractivity (Wildman–Crippen MR) is 111 cm³/mol. The number of benzene rings is 1. The summed E-state index contributed by atoms with van der Waals surface area (Å²) in [5.74, 6) is 1.19. The molecule has 0 saturated carbocycles. The van der Waals surface area contributed by atoms with Crippen molar-refractivity contribution >= 4 is 5.96 Å². The number of likely N-dealkylation sites (tertiary alicyclic amines) is 1. The molecule has 2 N–H and O–H groups in total. The molecule has 1 aromatic carbocycles. The fraction of sp³-hybridized carbons (Fsp3) is 0.455. The second-order valence-corrected chi connectivity index (χ2v) is 7.12. The molecule has 1 aliphatic heterocycles. The molecule has 1 aliphatic rings. The van der Waals surface area contributed by atoms with Crippen LogP contribution in [0.4, 0.5) is 4.39 Å². The van der Waals surface area contributed by atoms with Gasteiger partial charge in [-0.3, -0.25) is 4.90 Å². The average Bonchev–Trinajstić information content (AvgIpc) is 3.28. The van der Waals surface area contributed by atoms with E-state index in [4.69, 9.17) is 9.68 Å². The zero-order valence-electron chi connectivity index (χ0n) is 16.8. The standard InChI is InChI=1S/C22H28FN5O/c1-2-25-22(26-15-18-13-17(14-24)8-9-19(18)23)27-16-20(21-7-6-12-29-21)28-10-4-3-5-11-28/h6-9,12-13,20H,2-5,10-11,15-16H2,1H3,(H2,25,26,27). The van der Waals surface area contributed by atoms with Crippen molar-refractivity contribution in [1.29, 1.82) is 5.26 Å². The molecular formula is C22H28FN5O. The van der Waals surface area contributed by atoms with Crippen molar-refractivity contribution < 1.29 is 8.81 Å². The maximum absolute atomic E-state index is 14.0. The molecule has 29 heavy (non-hydrogen) atoms. The Balaban J connectivity index is 1.70. The second kappa shape index (κ2) is 10.6. The van der Waals surface area contributed by atoms with Crippen molar-refractivity contribution in [2.75, 3.05) is 26.2 Å². The van der Waals surface area contributed by atoms with E-state index in [2.05, 4.69) is 20.5 Å². The highest BCUT2D eigenvalue weighted by Gasteiger charge is 2.24. The zero-order valence-corrected chi connectivity index (χ0v) is 16.8. The van der Waals surface area contributed by atoms with E-state index < -0.39 is 0 Å². The van der Waals surface area contributed by atoms with Gasteiger partial charge >= 0.3 is 0 Å². The van der Waals surface area contributed by atoms with Crippen LogP contribution in [0, 0.1) is 17.1 Å². The lowest BCUT2D eigenvalue weighted by atomic mass is 10.1. The van der Waals surface area contributed by atoms with Gasteiger partial charge in [0, 0.05) is 18.7 Å². The fourth-order valence-corrected chi connectivity index (χ4v) is 3.59. The number of hydrogen-bond acceptors (Lipinski definition) is 4. The van der Waals surface area contributed by atoms with E-state index in [0.29, 0.717) is 30.2 Å². The third kappa shape index (κ3) is 5.81. The first-order valence-corrected chi connectivity index (χ1v) is 10.2. The van der Waals surface area contributed by atoms with Gasteiger partial charge in [-0.05, 0) is 63.2 Å². The number of aliphatic imine (C=N–C) groups is 1. The molecule has 0 radical (unpaired) electrons. The number of rotatable bonds is 7. The number of nitrogens with zero attached hydrogens (tertiary/aromatic N) is 3. The third-order valence-corrected chi connectivity index (χ3v) is 5.09. The van der Waals surface area contributed by atoms with Gasteiger partial charge in [0.05, 0.1) is 30.5 Å². The normalized spacial score (nSPS) is 16.2. The molecule has 1 fully saturated rings. The van der Waals surface area contributed by atoms with Crippen LogP contribution in [-0.4, -0.2) is 37.0 Å². The molecule has 0 bridgehead atoms. The number of halogens is 1. The highest BCUT2D eigenvalue weighted by atomic mass is 19.1. The van der Waals surface area contributed by atoms with Gasteiger partial charge in [-0.1, -0.05) is 6.42 Å². The number of nitrogens with one attached hydrogen (secondary N) is 2. The fourth-order valence-electron chi connectivity index (χ4n) is 3.59. The van der Waals surface area contributed by atoms with Crippen molar-refractivity contribution in [2.24, 2.45) is 4.99 Å². The Morgan fingerprint density at radius 1 is 1.28 bits per heavy atom. The Kier molecular flexibility index (Phi) is 7.65. The van der Waals surface area contributed by atoms with Gasteiger partial charge in [-0.2, -0.15) is 5.26 Å². The summed E-state index contributed by atoms with van der Waals surface area (Å²) in [5, 5.41) is 15.6. The van der Waals surface area contributed by atoms with Crippen LogP contribution in [0.2, 0.25) is 0 Å². The van der Waals surface area contributed by atoms with Crippen LogP contribution in [0.15, 0.2) is 46.0 Å². The summed E-state index contributed by atoms with van der Waals surface area (Å²) in [5.41, 5.74) is 0.831. The van der Waals surface area contributed by atoms with Gasteiger partial charge in [0.25, 0.3) is 0 Å². The lowest BCUT2D eigenvalue weighted by molar-refractivity contribution is 0.146. The van der Waals surface area contributed by atoms with E-state index in [9.17, 15) is 4.39 Å². The minimum Gasteiger partial charge on any atom is -0.468 e. The first-order valence-electron chi connectivity index (χ1n) is 10.2. The molecule has 0 aliphatic carbocycles. The molecule has 154 valence electrons. The van der Waals surface area contributed by atoms with Crippen molar-refractivity contribution in [3.05, 3.63) is 59.3 Å². The largest absolute Gasteiger partial charge is 0.468 e. The summed E-state index contributed by atoms with van der Waals surface area (Å²) in [6.45, 7) is 5.58. The zero-order chi connectivity index (χ0) is 20.5. The van der Waals surface area contributed by atoms with Gasteiger partial charge in [0.1, 0.15) is 11.6 Å². The second-order valence-electron chi connectivity index (χ2n) is 7.12. The van der Waals surface area contributed by atoms with E-state index in [1.807, 2.05) is 25.1 Å². The molecule has 1 aromatic heterocycles. The highest BCUT2D eigenvalue weighted by molar-refractivity contribution is 5.79. The topological polar surface area (TPSA) is 76.6 Å². The minimum atomic E-state index is -0.356. The van der Waals surface area contributed by atoms with Gasteiger partial charge in [-0.15, -0.1) is 0 Å². The number of guanidine groups is 1. The summed E-state index contributed by atoms with van der Waals surface area (Å²) in [7, 11) is 0. The van der Waals surface area contributed by atoms with Gasteiger partial charge < -0.3 is 15.1 Å². The Labute approximate surface area is 171 Å². The molecule has 1 atom stereocenters. The Morgan fingerprint density at radius 3 is 2.79 bits per heavy atom. The number of nitriles is 1. The summed E-state index contributed by atoms with van der Waals surface area (Å²) >= 11 is 0. The Bertz CT molecular complexity index is 837. The average molecular weight is 397 g/mol. The summed E-state index contributed by atoms with van der Waals surface area (Å²) in [6.07, 6.45) is 5.36. The third-order valence-electron chi connectivity index (χ3n) is 5.09. The lowest BCUT2D eigenvalue weighted by Gasteiger charge is -2.33. The van der Waals surface area contributed by atoms with Gasteiger partial charge in [-0.25, -0.2) is 9.38 Å². The van der Waals surface area contributed by atoms with Crippen molar-refractivity contribution in [3.63, 3.8) is 0 Å². The number of piperidine rings is 1. The molecule has 2 aromatic rings. The molecule has 6 nitrogen and oxygen atoms in total. The van der Waals surface area contributed by atoms with E-state index in [-0.39, 0.29) is 18.4 Å². The van der Waals surface area contributed by atoms with Crippen LogP contribution >= 0.6 is 0 Å². The smallest absolute Gasteiger partial charge is 0.191 e. The first-order chi connectivity index (χ1) is 14.2. The van der Waals surface area contributed by atoms with Gasteiger partial charge in [0.2, 0.25) is 0 Å². The van der Waals surface area contributed by atoms with E-state index in [0.717, 1.165) is 18.8 Å². The Morgan fingerprint density at radius 2 is 2.10 bits per heavy atom. The van der Waals surface area contributed by atoms with Crippen molar-refractivity contribution in [2.45, 2.75) is 38.8 Å². The maximum atomic E-state index is 14.0. The Hall–Kier alpha value is -2.85. The van der Waals surface area contributed by atoms with Crippen molar-refractivity contribution in [3.8, 4) is 6.07 Å². The molecular weight excluding hydrogens is 369 g/mol. The number of furan rings is 1. The van der Waals surface area contributed by atoms with Crippen LogP contribution in [-0.2, 0) is 6.54 Å². The molecule has 0 spiro atoms. The minimum absolute atomic E-state index is 0.118. The van der Waals surface area contributed by atoms with Crippen LogP contribution in [0.5, 0.6) is 0 Å². The maximum Gasteiger partial charge on any atom is 0.191 e. The van der Waals surface area contributed by atoms with E-state index in [1.54, 1.807) is 12.3 Å². The summed E-state index contributed by atoms with van der Waals surface area (Å²) in [6, 6.07) is 10.4. The van der Waals surface area contributed by atoms with Crippen LogP contribution in [0.1, 0.15) is 49.1 Å². The molecule has 0 amide bonds. The molecule has 7 heteroatoms.